The summed E-state index contributed by atoms with van der Waals surface area (Å²) in [5, 5.41) is 7.14. The van der Waals surface area contributed by atoms with E-state index in [1.807, 2.05) is 6.07 Å². The Morgan fingerprint density at radius 3 is 1.62 bits per heavy atom. The largest absolute Gasteiger partial charge is 0.455 e. The van der Waals surface area contributed by atoms with Gasteiger partial charge in [-0.05, 0) is 70.4 Å². The van der Waals surface area contributed by atoms with Gasteiger partial charge in [0.25, 0.3) is 0 Å². The number of anilines is 3. The minimum Gasteiger partial charge on any atom is -0.455 e. The normalized spacial score (nSPS) is 11.6. The van der Waals surface area contributed by atoms with Gasteiger partial charge in [-0.1, -0.05) is 182 Å². The molecule has 61 heavy (non-hydrogen) atoms. The van der Waals surface area contributed by atoms with Gasteiger partial charge < -0.3 is 13.9 Å². The lowest BCUT2D eigenvalue weighted by atomic mass is 9.95. The van der Waals surface area contributed by atoms with Crippen LogP contribution in [0.25, 0.3) is 93.6 Å². The van der Waals surface area contributed by atoms with Crippen LogP contribution in [0.4, 0.5) is 17.1 Å². The van der Waals surface area contributed by atoms with Crippen LogP contribution in [0.15, 0.2) is 235 Å². The minimum absolute atomic E-state index is 0.880. The first-order valence-corrected chi connectivity index (χ1v) is 20.9. The standard InChI is InChI=1S/C58H38N2O/c1-2-22-42-39(18-1)19-16-29-43(42)40-20-15-21-41(38-40)59(53-33-10-7-27-48(53)50-30-17-31-51-49-28-8-14-37-57(49)61-58(50)51)52-32-9-3-23-44(52)45-24-4-11-34-54(45)60-55-35-12-5-25-46(55)47-26-6-13-36-56(47)60/h1-38H. The van der Waals surface area contributed by atoms with Crippen molar-refractivity contribution < 1.29 is 4.42 Å². The number of hydrogen-bond acceptors (Lipinski definition) is 2. The molecule has 0 aliphatic rings. The molecule has 2 heterocycles. The molecule has 3 heteroatoms. The zero-order valence-corrected chi connectivity index (χ0v) is 33.2. The Bertz CT molecular complexity index is 3570. The molecule has 0 bridgehead atoms. The third kappa shape index (κ3) is 5.66. The predicted molar refractivity (Wildman–Crippen MR) is 257 cm³/mol. The number of para-hydroxylation sites is 7. The highest BCUT2D eigenvalue weighted by atomic mass is 16.3. The van der Waals surface area contributed by atoms with Crippen molar-refractivity contribution in [3.05, 3.63) is 231 Å². The van der Waals surface area contributed by atoms with Gasteiger partial charge in [0, 0.05) is 49.5 Å². The number of rotatable bonds is 7. The molecule has 0 spiro atoms. The summed E-state index contributed by atoms with van der Waals surface area (Å²) in [6.07, 6.45) is 0. The number of nitrogens with zero attached hydrogens (tertiary/aromatic N) is 2. The number of aromatic nitrogens is 1. The predicted octanol–water partition coefficient (Wildman–Crippen LogP) is 16.3. The van der Waals surface area contributed by atoms with Gasteiger partial charge in [-0.3, -0.25) is 0 Å². The number of benzene rings is 10. The second-order valence-corrected chi connectivity index (χ2v) is 15.6. The van der Waals surface area contributed by atoms with E-state index in [2.05, 4.69) is 234 Å². The Morgan fingerprint density at radius 2 is 0.852 bits per heavy atom. The maximum atomic E-state index is 6.70. The fraction of sp³-hybridized carbons (Fsp3) is 0. The van der Waals surface area contributed by atoms with Crippen molar-refractivity contribution in [2.75, 3.05) is 4.90 Å². The van der Waals surface area contributed by atoms with E-state index in [4.69, 9.17) is 4.42 Å². The SMILES string of the molecule is c1cc(-c2cccc3ccccc23)cc(N(c2ccccc2-c2ccccc2-n2c3ccccc3c3ccccc32)c2ccccc2-c2cccc3c2oc2ccccc23)c1. The molecule has 12 aromatic rings. The lowest BCUT2D eigenvalue weighted by Crippen LogP contribution is -2.13. The zero-order valence-electron chi connectivity index (χ0n) is 33.2. The van der Waals surface area contributed by atoms with E-state index in [9.17, 15) is 0 Å². The molecule has 0 unspecified atom stereocenters. The van der Waals surface area contributed by atoms with Crippen molar-refractivity contribution in [2.45, 2.75) is 0 Å². The average Bonchev–Trinajstić information content (AvgIpc) is 3.88. The molecule has 0 atom stereocenters. The van der Waals surface area contributed by atoms with Crippen LogP contribution >= 0.6 is 0 Å². The highest BCUT2D eigenvalue weighted by molar-refractivity contribution is 6.12. The molecular formula is C58H38N2O. The van der Waals surface area contributed by atoms with Crippen LogP contribution in [-0.2, 0) is 0 Å². The molecule has 2 aromatic heterocycles. The highest BCUT2D eigenvalue weighted by Gasteiger charge is 2.24. The van der Waals surface area contributed by atoms with Gasteiger partial charge in [0.15, 0.2) is 0 Å². The molecule has 0 saturated carbocycles. The molecule has 286 valence electrons. The van der Waals surface area contributed by atoms with Gasteiger partial charge in [0.2, 0.25) is 0 Å². The summed E-state index contributed by atoms with van der Waals surface area (Å²) in [4.78, 5) is 2.45. The lowest BCUT2D eigenvalue weighted by Gasteiger charge is -2.30. The lowest BCUT2D eigenvalue weighted by molar-refractivity contribution is 0.670. The molecule has 0 radical (unpaired) electrons. The van der Waals surface area contributed by atoms with Crippen molar-refractivity contribution >= 4 is 71.6 Å². The second kappa shape index (κ2) is 14.3. The first-order chi connectivity index (χ1) is 30.3. The van der Waals surface area contributed by atoms with E-state index in [0.29, 0.717) is 0 Å². The van der Waals surface area contributed by atoms with Gasteiger partial charge in [0.1, 0.15) is 11.2 Å². The number of hydrogen-bond donors (Lipinski definition) is 0. The summed E-state index contributed by atoms with van der Waals surface area (Å²) >= 11 is 0. The van der Waals surface area contributed by atoms with Gasteiger partial charge in [-0.2, -0.15) is 0 Å². The first-order valence-electron chi connectivity index (χ1n) is 20.9. The van der Waals surface area contributed by atoms with Crippen LogP contribution in [-0.4, -0.2) is 4.57 Å². The fourth-order valence-electron chi connectivity index (χ4n) is 9.53. The monoisotopic (exact) mass is 778 g/mol. The Balaban J connectivity index is 1.13. The summed E-state index contributed by atoms with van der Waals surface area (Å²) in [5.41, 5.74) is 15.1. The third-order valence-corrected chi connectivity index (χ3v) is 12.2. The zero-order chi connectivity index (χ0) is 40.3. The van der Waals surface area contributed by atoms with E-state index in [1.54, 1.807) is 0 Å². The third-order valence-electron chi connectivity index (χ3n) is 12.2. The summed E-state index contributed by atoms with van der Waals surface area (Å²) in [7, 11) is 0. The minimum atomic E-state index is 0.880. The van der Waals surface area contributed by atoms with Gasteiger partial charge in [-0.25, -0.2) is 0 Å². The Morgan fingerprint density at radius 1 is 0.344 bits per heavy atom. The van der Waals surface area contributed by atoms with Crippen LogP contribution in [0.2, 0.25) is 0 Å². The Labute approximate surface area is 353 Å². The van der Waals surface area contributed by atoms with Gasteiger partial charge in [-0.15, -0.1) is 0 Å². The van der Waals surface area contributed by atoms with Crippen LogP contribution in [0.5, 0.6) is 0 Å². The van der Waals surface area contributed by atoms with Crippen LogP contribution in [0.3, 0.4) is 0 Å². The van der Waals surface area contributed by atoms with Crippen molar-refractivity contribution in [1.82, 2.24) is 4.57 Å². The fourth-order valence-corrected chi connectivity index (χ4v) is 9.53. The molecule has 3 nitrogen and oxygen atoms in total. The van der Waals surface area contributed by atoms with E-state index in [1.165, 1.54) is 38.1 Å². The number of fused-ring (bicyclic) bond motifs is 7. The Hall–Kier alpha value is -8.14. The second-order valence-electron chi connectivity index (χ2n) is 15.6. The Kier molecular flexibility index (Phi) is 8.17. The quantitative estimate of drug-likeness (QED) is 0.161. The molecule has 0 aliphatic heterocycles. The van der Waals surface area contributed by atoms with Crippen molar-refractivity contribution in [3.63, 3.8) is 0 Å². The molecule has 0 aliphatic carbocycles. The van der Waals surface area contributed by atoms with Gasteiger partial charge >= 0.3 is 0 Å². The van der Waals surface area contributed by atoms with Crippen LogP contribution in [0.1, 0.15) is 0 Å². The van der Waals surface area contributed by atoms with E-state index in [-0.39, 0.29) is 0 Å². The van der Waals surface area contributed by atoms with E-state index >= 15 is 0 Å². The molecular weight excluding hydrogens is 741 g/mol. The molecule has 0 fully saturated rings. The highest BCUT2D eigenvalue weighted by Crippen LogP contribution is 2.48. The average molecular weight is 779 g/mol. The molecule has 0 amide bonds. The molecule has 12 rings (SSSR count). The topological polar surface area (TPSA) is 21.3 Å². The first kappa shape index (κ1) is 34.9. The molecule has 0 saturated heterocycles. The maximum absolute atomic E-state index is 6.70. The summed E-state index contributed by atoms with van der Waals surface area (Å²) < 4.78 is 9.13. The number of furan rings is 1. The van der Waals surface area contributed by atoms with Crippen molar-refractivity contribution in [1.29, 1.82) is 0 Å². The summed E-state index contributed by atoms with van der Waals surface area (Å²) in [6, 6.07) is 83.0. The maximum Gasteiger partial charge on any atom is 0.143 e. The summed E-state index contributed by atoms with van der Waals surface area (Å²) in [5.74, 6) is 0. The van der Waals surface area contributed by atoms with E-state index in [0.717, 1.165) is 72.5 Å². The molecule has 0 N–H and O–H groups in total. The molecule has 10 aromatic carbocycles. The smallest absolute Gasteiger partial charge is 0.143 e. The van der Waals surface area contributed by atoms with E-state index < -0.39 is 0 Å². The van der Waals surface area contributed by atoms with Crippen LogP contribution < -0.4 is 4.90 Å². The van der Waals surface area contributed by atoms with Crippen molar-refractivity contribution in [3.8, 4) is 39.1 Å². The van der Waals surface area contributed by atoms with Crippen molar-refractivity contribution in [2.24, 2.45) is 0 Å². The summed E-state index contributed by atoms with van der Waals surface area (Å²) in [6.45, 7) is 0. The van der Waals surface area contributed by atoms with Crippen LogP contribution in [0, 0.1) is 0 Å². The van der Waals surface area contributed by atoms with Gasteiger partial charge in [0.05, 0.1) is 28.1 Å².